The van der Waals surface area contributed by atoms with Gasteiger partial charge in [-0.15, -0.1) is 5.10 Å². The van der Waals surface area contributed by atoms with Crippen LogP contribution in [-0.4, -0.2) is 73.2 Å². The number of fused-ring (bicyclic) bond motifs is 1. The summed E-state index contributed by atoms with van der Waals surface area (Å²) in [6.07, 6.45) is 5.88. The first kappa shape index (κ1) is 33.7. The Morgan fingerprint density at radius 2 is 1.72 bits per heavy atom. The molecule has 1 saturated heterocycles. The number of carboxylic acids is 1. The summed E-state index contributed by atoms with van der Waals surface area (Å²) in [5, 5.41) is 19.9. The molecule has 11 nitrogen and oxygen atoms in total. The molecule has 3 aromatic carbocycles. The second-order valence-corrected chi connectivity index (χ2v) is 11.8. The van der Waals surface area contributed by atoms with Crippen molar-refractivity contribution in [2.24, 2.45) is 0 Å². The number of carboxylic acid groups (broad SMARTS) is 1. The van der Waals surface area contributed by atoms with Crippen LogP contribution in [0, 0.1) is 5.82 Å². The summed E-state index contributed by atoms with van der Waals surface area (Å²) in [4.78, 5) is 55.7. The summed E-state index contributed by atoms with van der Waals surface area (Å²) in [5.41, 5.74) is 2.48. The molecule has 50 heavy (non-hydrogen) atoms. The Hall–Kier alpha value is -6.24. The zero-order valence-corrected chi connectivity index (χ0v) is 26.8. The Morgan fingerprint density at radius 3 is 2.40 bits per heavy atom. The molecule has 0 saturated carbocycles. The Bertz CT molecular complexity index is 2070. The number of hydrogen-bond acceptors (Lipinski definition) is 6. The van der Waals surface area contributed by atoms with Crippen molar-refractivity contribution in [1.29, 1.82) is 0 Å². The summed E-state index contributed by atoms with van der Waals surface area (Å²) < 4.78 is 30.2. The fourth-order valence-electron chi connectivity index (χ4n) is 6.32. The van der Waals surface area contributed by atoms with E-state index >= 15 is 0 Å². The number of nitrogens with one attached hydrogen (secondary N) is 1. The minimum atomic E-state index is -1.21. The third kappa shape index (κ3) is 6.57. The van der Waals surface area contributed by atoms with Crippen LogP contribution in [0.15, 0.2) is 98.0 Å². The van der Waals surface area contributed by atoms with Gasteiger partial charge in [0.1, 0.15) is 23.4 Å². The molecule has 0 aliphatic carbocycles. The van der Waals surface area contributed by atoms with E-state index in [1.807, 2.05) is 6.07 Å². The van der Waals surface area contributed by atoms with Gasteiger partial charge in [0.2, 0.25) is 0 Å². The van der Waals surface area contributed by atoms with Gasteiger partial charge in [0, 0.05) is 25.3 Å². The van der Waals surface area contributed by atoms with E-state index in [2.05, 4.69) is 28.8 Å². The number of anilines is 1. The van der Waals surface area contributed by atoms with Crippen molar-refractivity contribution in [2.75, 3.05) is 25.0 Å². The average molecular weight is 679 g/mol. The van der Waals surface area contributed by atoms with Crippen LogP contribution in [-0.2, 0) is 11.2 Å². The van der Waals surface area contributed by atoms with Crippen LogP contribution in [0.2, 0.25) is 0 Å². The summed E-state index contributed by atoms with van der Waals surface area (Å²) in [6.45, 7) is 8.02. The lowest BCUT2D eigenvalue weighted by atomic mass is 9.85. The first-order chi connectivity index (χ1) is 24.1. The van der Waals surface area contributed by atoms with E-state index in [0.29, 0.717) is 35.5 Å². The number of aromatic carboxylic acids is 1. The maximum absolute atomic E-state index is 15.0. The molecule has 4 aromatic rings. The summed E-state index contributed by atoms with van der Waals surface area (Å²) in [7, 11) is 0. The molecule has 3 heterocycles. The van der Waals surface area contributed by atoms with E-state index in [1.54, 1.807) is 23.1 Å². The highest BCUT2D eigenvalue weighted by molar-refractivity contribution is 6.02. The van der Waals surface area contributed by atoms with Crippen LogP contribution in [0.25, 0.3) is 16.8 Å². The van der Waals surface area contributed by atoms with Crippen molar-refractivity contribution >= 4 is 35.1 Å². The van der Waals surface area contributed by atoms with E-state index in [1.165, 1.54) is 59.6 Å². The zero-order valence-electron chi connectivity index (χ0n) is 26.8. The minimum Gasteiger partial charge on any atom is -0.478 e. The predicted octanol–water partition coefficient (Wildman–Crippen LogP) is 5.91. The molecule has 254 valence electrons. The SMILES string of the molecule is C=C/C=C(\C(=C)F)n1cc(C(=O)N2CCc3c(-c4ccc(F)c(C(=O)N5CCCC5)c4)cccc3C2C(=O)Nc2ccc(C(=O)O)cc2)nn1. The number of aromatic nitrogens is 3. The number of carbonyl (C=O) groups is 4. The first-order valence-corrected chi connectivity index (χ1v) is 15.8. The molecule has 1 aromatic heterocycles. The van der Waals surface area contributed by atoms with Crippen molar-refractivity contribution in [3.05, 3.63) is 132 Å². The number of rotatable bonds is 9. The minimum absolute atomic E-state index is 0.0262. The Balaban J connectivity index is 1.40. The van der Waals surface area contributed by atoms with Gasteiger partial charge in [-0.1, -0.05) is 48.7 Å². The lowest BCUT2D eigenvalue weighted by molar-refractivity contribution is -0.121. The second kappa shape index (κ2) is 14.1. The highest BCUT2D eigenvalue weighted by atomic mass is 19.1. The predicted molar refractivity (Wildman–Crippen MR) is 181 cm³/mol. The van der Waals surface area contributed by atoms with E-state index in [0.717, 1.165) is 23.1 Å². The van der Waals surface area contributed by atoms with Crippen molar-refractivity contribution in [1.82, 2.24) is 24.8 Å². The maximum atomic E-state index is 15.0. The van der Waals surface area contributed by atoms with Gasteiger partial charge in [0.05, 0.1) is 17.3 Å². The van der Waals surface area contributed by atoms with Crippen molar-refractivity contribution in [2.45, 2.75) is 25.3 Å². The fourth-order valence-corrected chi connectivity index (χ4v) is 6.32. The molecule has 1 atom stereocenters. The van der Waals surface area contributed by atoms with Gasteiger partial charge >= 0.3 is 5.97 Å². The molecule has 3 amide bonds. The highest BCUT2D eigenvalue weighted by Gasteiger charge is 2.38. The van der Waals surface area contributed by atoms with Gasteiger partial charge in [0.15, 0.2) is 5.69 Å². The number of allylic oxidation sites excluding steroid dienone is 4. The highest BCUT2D eigenvalue weighted by Crippen LogP contribution is 2.38. The van der Waals surface area contributed by atoms with Crippen molar-refractivity contribution in [3.63, 3.8) is 0 Å². The monoisotopic (exact) mass is 678 g/mol. The van der Waals surface area contributed by atoms with Crippen LogP contribution in [0.3, 0.4) is 0 Å². The first-order valence-electron chi connectivity index (χ1n) is 15.8. The number of halogens is 2. The topological polar surface area (TPSA) is 138 Å². The lowest BCUT2D eigenvalue weighted by Crippen LogP contribution is -2.45. The van der Waals surface area contributed by atoms with Crippen LogP contribution in [0.1, 0.15) is 61.2 Å². The Morgan fingerprint density at radius 1 is 0.980 bits per heavy atom. The number of amides is 3. The van der Waals surface area contributed by atoms with Gasteiger partial charge in [-0.25, -0.2) is 18.3 Å². The number of benzene rings is 3. The largest absolute Gasteiger partial charge is 0.478 e. The summed E-state index contributed by atoms with van der Waals surface area (Å²) >= 11 is 0. The van der Waals surface area contributed by atoms with Crippen LogP contribution >= 0.6 is 0 Å². The third-order valence-corrected chi connectivity index (χ3v) is 8.74. The molecule has 0 spiro atoms. The molecule has 13 heteroatoms. The molecule has 2 aliphatic heterocycles. The van der Waals surface area contributed by atoms with E-state index < -0.39 is 35.5 Å². The van der Waals surface area contributed by atoms with E-state index in [4.69, 9.17) is 0 Å². The standard InChI is InChI=1S/C37H32F2N6O5/c1-3-7-32(22(2)38)45-21-31(41-42-45)36(48)44-19-16-27-26(24-12-15-30(39)29(20-24)35(47)43-17-4-5-18-43)8-6-9-28(27)33(44)34(46)40-25-13-10-23(11-14-25)37(49)50/h3,6-15,20-21,33H,1-2,4-5,16-19H2,(H,40,46)(H,49,50)/b32-7+. The smallest absolute Gasteiger partial charge is 0.335 e. The van der Waals surface area contributed by atoms with Crippen molar-refractivity contribution in [3.8, 4) is 11.1 Å². The van der Waals surface area contributed by atoms with E-state index in [9.17, 15) is 33.1 Å². The van der Waals surface area contributed by atoms with Crippen molar-refractivity contribution < 1.29 is 33.1 Å². The van der Waals surface area contributed by atoms with Crippen LogP contribution in [0.4, 0.5) is 14.5 Å². The number of nitrogens with zero attached hydrogens (tertiary/aromatic N) is 5. The van der Waals surface area contributed by atoms with Crippen LogP contribution in [0.5, 0.6) is 0 Å². The zero-order chi connectivity index (χ0) is 35.5. The van der Waals surface area contributed by atoms with Gasteiger partial charge < -0.3 is 20.2 Å². The summed E-state index contributed by atoms with van der Waals surface area (Å²) in [6, 6.07) is 14.0. The third-order valence-electron chi connectivity index (χ3n) is 8.74. The molecule has 6 rings (SSSR count). The lowest BCUT2D eigenvalue weighted by Gasteiger charge is -2.37. The number of carbonyl (C=O) groups excluding carboxylic acids is 3. The number of likely N-dealkylation sites (tertiary alicyclic amines) is 1. The fraction of sp³-hybridized carbons (Fsp3) is 0.189. The van der Waals surface area contributed by atoms with E-state index in [-0.39, 0.29) is 41.4 Å². The molecular formula is C37H32F2N6O5. The molecule has 0 radical (unpaired) electrons. The molecule has 1 fully saturated rings. The van der Waals surface area contributed by atoms with Crippen LogP contribution < -0.4 is 5.32 Å². The molecule has 0 bridgehead atoms. The molecule has 2 N–H and O–H groups in total. The van der Waals surface area contributed by atoms with Gasteiger partial charge in [-0.05, 0) is 84.0 Å². The second-order valence-electron chi connectivity index (χ2n) is 11.8. The summed E-state index contributed by atoms with van der Waals surface area (Å²) in [5.74, 6) is -4.23. The van der Waals surface area contributed by atoms with Gasteiger partial charge in [-0.3, -0.25) is 14.4 Å². The molecule has 1 unspecified atom stereocenters. The normalized spacial score (nSPS) is 15.7. The Labute approximate surface area is 285 Å². The maximum Gasteiger partial charge on any atom is 0.335 e. The van der Waals surface area contributed by atoms with Gasteiger partial charge in [0.25, 0.3) is 17.7 Å². The quantitative estimate of drug-likeness (QED) is 0.210. The number of hydrogen-bond donors (Lipinski definition) is 2. The Kier molecular flexibility index (Phi) is 9.48. The average Bonchev–Trinajstić information content (AvgIpc) is 3.83. The van der Waals surface area contributed by atoms with Gasteiger partial charge in [-0.2, -0.15) is 0 Å². The molecule has 2 aliphatic rings. The molecular weight excluding hydrogens is 646 g/mol.